The number of hydrogen-bond acceptors (Lipinski definition) is 5. The van der Waals surface area contributed by atoms with E-state index in [0.717, 1.165) is 5.56 Å². The molecule has 0 bridgehead atoms. The number of nitrogens with zero attached hydrogens (tertiary/aromatic N) is 1. The highest BCUT2D eigenvalue weighted by Crippen LogP contribution is 2.38. The van der Waals surface area contributed by atoms with Crippen LogP contribution >= 0.6 is 23.2 Å². The molecule has 0 atom stereocenters. The summed E-state index contributed by atoms with van der Waals surface area (Å²) in [6.45, 7) is 0. The largest absolute Gasteiger partial charge is 0.457 e. The maximum Gasteiger partial charge on any atom is 0.379 e. The van der Waals surface area contributed by atoms with Gasteiger partial charge >= 0.3 is 5.97 Å². The zero-order chi connectivity index (χ0) is 25.1. The predicted molar refractivity (Wildman–Crippen MR) is 139 cm³/mol. The molecule has 0 aliphatic rings. The SMILES string of the molecule is O=C(Oc1ccccc1C=NNC(=O)c1[nH]c2cc(Cl)cc(Cl)c2c1-c1ccccc1)c1ccco1. The summed E-state index contributed by atoms with van der Waals surface area (Å²) in [5, 5.41) is 5.62. The summed E-state index contributed by atoms with van der Waals surface area (Å²) in [5.74, 6) is -0.806. The fourth-order valence-corrected chi connectivity index (χ4v) is 4.34. The van der Waals surface area contributed by atoms with Gasteiger partial charge in [0.2, 0.25) is 5.76 Å². The van der Waals surface area contributed by atoms with Crippen LogP contribution in [0.4, 0.5) is 0 Å². The van der Waals surface area contributed by atoms with E-state index < -0.39 is 11.9 Å². The summed E-state index contributed by atoms with van der Waals surface area (Å²) in [7, 11) is 0. The lowest BCUT2D eigenvalue weighted by Gasteiger charge is -2.06. The molecule has 1 amide bonds. The molecule has 0 aliphatic carbocycles. The van der Waals surface area contributed by atoms with Gasteiger partial charge in [0.05, 0.1) is 17.5 Å². The summed E-state index contributed by atoms with van der Waals surface area (Å²) in [6, 6.07) is 22.6. The summed E-state index contributed by atoms with van der Waals surface area (Å²) in [6.07, 6.45) is 2.77. The molecule has 5 rings (SSSR count). The Morgan fingerprint density at radius 1 is 0.972 bits per heavy atom. The number of amides is 1. The topological polar surface area (TPSA) is 96.7 Å². The average Bonchev–Trinajstić information content (AvgIpc) is 3.54. The highest BCUT2D eigenvalue weighted by atomic mass is 35.5. The number of para-hydroxylation sites is 1. The van der Waals surface area contributed by atoms with Crippen molar-refractivity contribution >= 4 is 52.2 Å². The second-order valence-electron chi connectivity index (χ2n) is 7.65. The molecule has 0 saturated carbocycles. The molecular formula is C27H17Cl2N3O4. The number of aromatic nitrogens is 1. The zero-order valence-corrected chi connectivity index (χ0v) is 20.0. The number of nitrogens with one attached hydrogen (secondary N) is 2. The maximum atomic E-state index is 13.2. The lowest BCUT2D eigenvalue weighted by molar-refractivity contribution is 0.0701. The van der Waals surface area contributed by atoms with E-state index in [1.165, 1.54) is 18.5 Å². The van der Waals surface area contributed by atoms with E-state index in [4.69, 9.17) is 32.4 Å². The molecule has 0 radical (unpaired) electrons. The van der Waals surface area contributed by atoms with Crippen molar-refractivity contribution in [2.75, 3.05) is 0 Å². The van der Waals surface area contributed by atoms with E-state index in [9.17, 15) is 9.59 Å². The Morgan fingerprint density at radius 3 is 2.53 bits per heavy atom. The Morgan fingerprint density at radius 2 is 1.75 bits per heavy atom. The van der Waals surface area contributed by atoms with Crippen molar-refractivity contribution in [2.24, 2.45) is 5.10 Å². The van der Waals surface area contributed by atoms with Crippen molar-refractivity contribution < 1.29 is 18.7 Å². The number of carbonyl (C=O) groups excluding carboxylic acids is 2. The molecule has 0 unspecified atom stereocenters. The molecule has 7 nitrogen and oxygen atoms in total. The maximum absolute atomic E-state index is 13.2. The monoisotopic (exact) mass is 517 g/mol. The van der Waals surface area contributed by atoms with Crippen molar-refractivity contribution in [1.29, 1.82) is 0 Å². The van der Waals surface area contributed by atoms with Gasteiger partial charge in [-0.3, -0.25) is 4.79 Å². The molecule has 178 valence electrons. The van der Waals surface area contributed by atoms with Crippen molar-refractivity contribution in [3.63, 3.8) is 0 Å². The lowest BCUT2D eigenvalue weighted by atomic mass is 10.0. The van der Waals surface area contributed by atoms with Crippen LogP contribution in [0.1, 0.15) is 26.6 Å². The molecule has 0 spiro atoms. The number of fused-ring (bicyclic) bond motifs is 1. The molecule has 0 saturated heterocycles. The Hall–Kier alpha value is -4.33. The molecule has 2 heterocycles. The first kappa shape index (κ1) is 23.4. The van der Waals surface area contributed by atoms with Crippen LogP contribution in [0.15, 0.2) is 94.6 Å². The normalized spacial score (nSPS) is 11.2. The lowest BCUT2D eigenvalue weighted by Crippen LogP contribution is -2.19. The molecule has 0 fully saturated rings. The van der Waals surface area contributed by atoms with E-state index in [2.05, 4.69) is 15.5 Å². The van der Waals surface area contributed by atoms with Crippen LogP contribution in [0.25, 0.3) is 22.0 Å². The van der Waals surface area contributed by atoms with Gasteiger partial charge in [-0.2, -0.15) is 5.10 Å². The Kier molecular flexibility index (Phi) is 6.58. The molecular weight excluding hydrogens is 501 g/mol. The second kappa shape index (κ2) is 10.1. The van der Waals surface area contributed by atoms with Crippen molar-refractivity contribution in [3.05, 3.63) is 112 Å². The standard InChI is InChI=1S/C27H17Cl2N3O4/c28-18-13-19(29)24-20(14-18)31-25(23(24)16-7-2-1-3-8-16)26(33)32-30-15-17-9-4-5-10-21(17)36-27(34)22-11-6-12-35-22/h1-15,31H,(H,32,33). The summed E-state index contributed by atoms with van der Waals surface area (Å²) in [4.78, 5) is 28.5. The van der Waals surface area contributed by atoms with Crippen molar-refractivity contribution in [2.45, 2.75) is 0 Å². The number of ether oxygens (including phenoxy) is 1. The second-order valence-corrected chi connectivity index (χ2v) is 8.50. The van der Waals surface area contributed by atoms with E-state index in [-0.39, 0.29) is 17.2 Å². The van der Waals surface area contributed by atoms with Gasteiger partial charge in [0.25, 0.3) is 5.91 Å². The fourth-order valence-electron chi connectivity index (χ4n) is 3.75. The number of hydrogen-bond donors (Lipinski definition) is 2. The molecule has 3 aromatic carbocycles. The van der Waals surface area contributed by atoms with E-state index in [0.29, 0.717) is 32.1 Å². The minimum Gasteiger partial charge on any atom is -0.457 e. The third-order valence-electron chi connectivity index (χ3n) is 5.32. The van der Waals surface area contributed by atoms with Crippen molar-refractivity contribution in [1.82, 2.24) is 10.4 Å². The quantitative estimate of drug-likeness (QED) is 0.113. The zero-order valence-electron chi connectivity index (χ0n) is 18.5. The van der Waals surface area contributed by atoms with Crippen LogP contribution in [0.5, 0.6) is 5.75 Å². The molecule has 2 N–H and O–H groups in total. The van der Waals surface area contributed by atoms with Crippen LogP contribution in [0.2, 0.25) is 10.0 Å². The fraction of sp³-hybridized carbons (Fsp3) is 0. The summed E-state index contributed by atoms with van der Waals surface area (Å²) in [5.41, 5.74) is 5.33. The number of aromatic amines is 1. The first-order chi connectivity index (χ1) is 17.5. The number of hydrazone groups is 1. The number of esters is 1. The molecule has 2 aromatic heterocycles. The Balaban J connectivity index is 1.43. The first-order valence-electron chi connectivity index (χ1n) is 10.8. The Bertz CT molecular complexity index is 1590. The van der Waals surface area contributed by atoms with Crippen LogP contribution < -0.4 is 10.2 Å². The third kappa shape index (κ3) is 4.75. The summed E-state index contributed by atoms with van der Waals surface area (Å²) < 4.78 is 10.5. The predicted octanol–water partition coefficient (Wildman–Crippen LogP) is 6.72. The van der Waals surface area contributed by atoms with Gasteiger partial charge in [0.1, 0.15) is 11.4 Å². The van der Waals surface area contributed by atoms with Crippen molar-refractivity contribution in [3.8, 4) is 16.9 Å². The number of H-pyrrole nitrogens is 1. The third-order valence-corrected chi connectivity index (χ3v) is 5.83. The highest BCUT2D eigenvalue weighted by Gasteiger charge is 2.21. The van der Waals surface area contributed by atoms with E-state index in [1.807, 2.05) is 30.3 Å². The smallest absolute Gasteiger partial charge is 0.379 e. The van der Waals surface area contributed by atoms with Crippen LogP contribution in [-0.2, 0) is 0 Å². The van der Waals surface area contributed by atoms with E-state index >= 15 is 0 Å². The minimum atomic E-state index is -0.647. The van der Waals surface area contributed by atoms with Crippen LogP contribution in [0, 0.1) is 0 Å². The van der Waals surface area contributed by atoms with Gasteiger partial charge in [0, 0.05) is 27.1 Å². The van der Waals surface area contributed by atoms with Gasteiger partial charge in [-0.1, -0.05) is 65.7 Å². The number of rotatable bonds is 6. The van der Waals surface area contributed by atoms with Gasteiger partial charge < -0.3 is 14.1 Å². The highest BCUT2D eigenvalue weighted by molar-refractivity contribution is 6.40. The molecule has 0 aliphatic heterocycles. The van der Waals surface area contributed by atoms with Crippen LogP contribution in [0.3, 0.4) is 0 Å². The molecule has 5 aromatic rings. The number of carbonyl (C=O) groups is 2. The number of benzene rings is 3. The number of halogens is 2. The van der Waals surface area contributed by atoms with Gasteiger partial charge in [-0.25, -0.2) is 10.2 Å². The minimum absolute atomic E-state index is 0.0704. The number of furan rings is 1. The first-order valence-corrected chi connectivity index (χ1v) is 11.5. The molecule has 9 heteroatoms. The molecule has 36 heavy (non-hydrogen) atoms. The van der Waals surface area contributed by atoms with E-state index in [1.54, 1.807) is 42.5 Å². The van der Waals surface area contributed by atoms with Crippen LogP contribution in [-0.4, -0.2) is 23.1 Å². The Labute approximate surface area is 215 Å². The van der Waals surface area contributed by atoms with Gasteiger partial charge in [0.15, 0.2) is 0 Å². The average molecular weight is 518 g/mol. The summed E-state index contributed by atoms with van der Waals surface area (Å²) >= 11 is 12.7. The van der Waals surface area contributed by atoms with Gasteiger partial charge in [-0.15, -0.1) is 0 Å². The van der Waals surface area contributed by atoms with Gasteiger partial charge in [-0.05, 0) is 42.0 Å².